The number of para-hydroxylation sites is 3. The molecule has 0 saturated carbocycles. The first-order valence-corrected chi connectivity index (χ1v) is 25.1. The summed E-state index contributed by atoms with van der Waals surface area (Å²) in [6.07, 6.45) is 0. The maximum atomic E-state index is 5.45. The standard InChI is InChI=1S/C69H45N5/c1-4-20-46(21-5-1)49-26-14-28-51(42-49)52-29-16-32-55(44-52)68-70-67(54-31-15-27-50(43-54)47-22-6-2-7-23-47)71-69(72-68)60-37-19-40-63-65(60)59-35-11-13-39-62(59)74(63)64-41-18-36-58-57-34-10-12-38-61(57)73(66(58)64)56-33-17-30-53(45-56)48-24-8-3-9-25-48/h1-45H. The molecule has 3 heterocycles. The Morgan fingerprint density at radius 2 is 0.635 bits per heavy atom. The van der Waals surface area contributed by atoms with E-state index < -0.39 is 0 Å². The summed E-state index contributed by atoms with van der Waals surface area (Å²) in [7, 11) is 0. The van der Waals surface area contributed by atoms with Gasteiger partial charge in [0, 0.05) is 43.9 Å². The SMILES string of the molecule is c1ccc(-c2cccc(-c3cccc(-c4nc(-c5cccc(-c6ccccc6)c5)nc(-c5cccc6c5c5ccccc5n6-c5cccc6c7ccccc7n(-c7cccc(-c8ccccc8)c7)c56)n4)c3)c2)cc1. The van der Waals surface area contributed by atoms with Crippen molar-refractivity contribution in [1.82, 2.24) is 24.1 Å². The lowest BCUT2D eigenvalue weighted by Crippen LogP contribution is -2.02. The van der Waals surface area contributed by atoms with Gasteiger partial charge in [-0.3, -0.25) is 0 Å². The smallest absolute Gasteiger partial charge is 0.164 e. The molecular weight excluding hydrogens is 899 g/mol. The fourth-order valence-electron chi connectivity index (χ4n) is 10.9. The van der Waals surface area contributed by atoms with Crippen LogP contribution < -0.4 is 0 Å². The van der Waals surface area contributed by atoms with Crippen molar-refractivity contribution in [2.75, 3.05) is 0 Å². The first-order valence-electron chi connectivity index (χ1n) is 25.1. The number of rotatable bonds is 9. The van der Waals surface area contributed by atoms with Gasteiger partial charge in [0.15, 0.2) is 17.5 Å². The van der Waals surface area contributed by atoms with E-state index in [0.29, 0.717) is 17.5 Å². The summed E-state index contributed by atoms with van der Waals surface area (Å²) >= 11 is 0. The van der Waals surface area contributed by atoms with Crippen molar-refractivity contribution < 1.29 is 0 Å². The van der Waals surface area contributed by atoms with Crippen molar-refractivity contribution in [2.45, 2.75) is 0 Å². The van der Waals surface area contributed by atoms with Crippen molar-refractivity contribution in [2.24, 2.45) is 0 Å². The molecule has 0 aliphatic heterocycles. The van der Waals surface area contributed by atoms with Crippen LogP contribution in [0.4, 0.5) is 0 Å². The summed E-state index contributed by atoms with van der Waals surface area (Å²) in [5, 5.41) is 4.56. The van der Waals surface area contributed by atoms with Crippen molar-refractivity contribution in [3.63, 3.8) is 0 Å². The summed E-state index contributed by atoms with van der Waals surface area (Å²) in [6, 6.07) is 97.1. The topological polar surface area (TPSA) is 48.5 Å². The molecule has 0 N–H and O–H groups in total. The Labute approximate surface area is 428 Å². The van der Waals surface area contributed by atoms with E-state index in [-0.39, 0.29) is 0 Å². The van der Waals surface area contributed by atoms with Gasteiger partial charge in [0.1, 0.15) is 0 Å². The molecule has 0 atom stereocenters. The minimum Gasteiger partial charge on any atom is -0.307 e. The highest BCUT2D eigenvalue weighted by Gasteiger charge is 2.23. The number of fused-ring (bicyclic) bond motifs is 6. The first kappa shape index (κ1) is 42.9. The van der Waals surface area contributed by atoms with E-state index >= 15 is 0 Å². The highest BCUT2D eigenvalue weighted by atomic mass is 15.1. The Morgan fingerprint density at radius 3 is 1.23 bits per heavy atom. The van der Waals surface area contributed by atoms with Gasteiger partial charge >= 0.3 is 0 Å². The van der Waals surface area contributed by atoms with Crippen LogP contribution in [0.5, 0.6) is 0 Å². The van der Waals surface area contributed by atoms with Crippen LogP contribution in [-0.4, -0.2) is 24.1 Å². The molecule has 0 fully saturated rings. The molecule has 0 unspecified atom stereocenters. The fraction of sp³-hybridized carbons (Fsp3) is 0. The minimum atomic E-state index is 0.601. The molecule has 0 bridgehead atoms. The predicted octanol–water partition coefficient (Wildman–Crippen LogP) is 17.7. The second kappa shape index (κ2) is 18.0. The van der Waals surface area contributed by atoms with Crippen LogP contribution in [0, 0.1) is 0 Å². The van der Waals surface area contributed by atoms with Crippen LogP contribution in [0.3, 0.4) is 0 Å². The van der Waals surface area contributed by atoms with Gasteiger partial charge in [-0.05, 0) is 99.1 Å². The fourth-order valence-corrected chi connectivity index (χ4v) is 10.9. The average Bonchev–Trinajstić information content (AvgIpc) is 4.03. The van der Waals surface area contributed by atoms with Gasteiger partial charge in [0.25, 0.3) is 0 Å². The maximum absolute atomic E-state index is 5.45. The van der Waals surface area contributed by atoms with Crippen LogP contribution >= 0.6 is 0 Å². The van der Waals surface area contributed by atoms with E-state index in [1.165, 1.54) is 33.0 Å². The van der Waals surface area contributed by atoms with Gasteiger partial charge in [-0.25, -0.2) is 15.0 Å². The third kappa shape index (κ3) is 7.46. The minimum absolute atomic E-state index is 0.601. The van der Waals surface area contributed by atoms with Gasteiger partial charge in [0.05, 0.1) is 27.8 Å². The third-order valence-electron chi connectivity index (χ3n) is 14.4. The van der Waals surface area contributed by atoms with Crippen molar-refractivity contribution in [3.8, 4) is 90.0 Å². The first-order chi connectivity index (χ1) is 36.7. The number of nitrogens with zero attached hydrogens (tertiary/aromatic N) is 5. The summed E-state index contributed by atoms with van der Waals surface area (Å²) in [4.78, 5) is 16.2. The largest absolute Gasteiger partial charge is 0.307 e. The van der Waals surface area contributed by atoms with Crippen molar-refractivity contribution in [1.29, 1.82) is 0 Å². The molecule has 14 rings (SSSR count). The quantitative estimate of drug-likeness (QED) is 0.145. The number of benzene rings is 11. The third-order valence-corrected chi connectivity index (χ3v) is 14.4. The van der Waals surface area contributed by atoms with Crippen molar-refractivity contribution >= 4 is 43.6 Å². The van der Waals surface area contributed by atoms with E-state index in [1.807, 2.05) is 6.07 Å². The average molecular weight is 944 g/mol. The second-order valence-corrected chi connectivity index (χ2v) is 18.8. The molecule has 0 aliphatic carbocycles. The van der Waals surface area contributed by atoms with Crippen LogP contribution in [0.2, 0.25) is 0 Å². The molecule has 74 heavy (non-hydrogen) atoms. The lowest BCUT2D eigenvalue weighted by molar-refractivity contribution is 1.08. The summed E-state index contributed by atoms with van der Waals surface area (Å²) in [6.45, 7) is 0. The Bertz CT molecular complexity index is 4420. The highest BCUT2D eigenvalue weighted by Crippen LogP contribution is 2.43. The van der Waals surface area contributed by atoms with E-state index in [1.54, 1.807) is 0 Å². The van der Waals surface area contributed by atoms with Gasteiger partial charge in [-0.2, -0.15) is 0 Å². The molecule has 0 saturated heterocycles. The predicted molar refractivity (Wildman–Crippen MR) is 307 cm³/mol. The van der Waals surface area contributed by atoms with Crippen LogP contribution in [0.25, 0.3) is 134 Å². The molecule has 346 valence electrons. The Hall–Kier alpha value is -9.97. The highest BCUT2D eigenvalue weighted by molar-refractivity contribution is 6.18. The summed E-state index contributed by atoms with van der Waals surface area (Å²) in [5.74, 6) is 1.81. The van der Waals surface area contributed by atoms with Gasteiger partial charge in [-0.15, -0.1) is 0 Å². The van der Waals surface area contributed by atoms with Crippen LogP contribution in [0.1, 0.15) is 0 Å². The lowest BCUT2D eigenvalue weighted by Gasteiger charge is -2.15. The Morgan fingerprint density at radius 1 is 0.243 bits per heavy atom. The molecule has 3 aromatic heterocycles. The van der Waals surface area contributed by atoms with Crippen LogP contribution in [-0.2, 0) is 0 Å². The Balaban J connectivity index is 0.985. The molecule has 14 aromatic rings. The van der Waals surface area contributed by atoms with E-state index in [4.69, 9.17) is 15.0 Å². The van der Waals surface area contributed by atoms with Gasteiger partial charge in [0.2, 0.25) is 0 Å². The van der Waals surface area contributed by atoms with Crippen molar-refractivity contribution in [3.05, 3.63) is 273 Å². The molecule has 0 amide bonds. The lowest BCUT2D eigenvalue weighted by atomic mass is 9.98. The zero-order valence-electron chi connectivity index (χ0n) is 40.2. The molecular formula is C69H45N5. The zero-order chi connectivity index (χ0) is 49.0. The molecule has 0 aliphatic rings. The number of hydrogen-bond acceptors (Lipinski definition) is 3. The normalized spacial score (nSPS) is 11.5. The number of aromatic nitrogens is 5. The molecule has 0 radical (unpaired) electrons. The molecule has 11 aromatic carbocycles. The van der Waals surface area contributed by atoms with E-state index in [9.17, 15) is 0 Å². The van der Waals surface area contributed by atoms with Gasteiger partial charge < -0.3 is 9.13 Å². The summed E-state index contributed by atoms with van der Waals surface area (Å²) in [5.41, 5.74) is 18.5. The zero-order valence-corrected chi connectivity index (χ0v) is 40.2. The molecule has 5 heteroatoms. The Kier molecular flexibility index (Phi) is 10.4. The van der Waals surface area contributed by atoms with E-state index in [2.05, 4.69) is 276 Å². The van der Waals surface area contributed by atoms with Crippen LogP contribution in [0.15, 0.2) is 273 Å². The number of hydrogen-bond donors (Lipinski definition) is 0. The molecule has 5 nitrogen and oxygen atoms in total. The summed E-state index contributed by atoms with van der Waals surface area (Å²) < 4.78 is 4.88. The van der Waals surface area contributed by atoms with E-state index in [0.717, 1.165) is 83.2 Å². The second-order valence-electron chi connectivity index (χ2n) is 18.8. The molecule has 0 spiro atoms. The maximum Gasteiger partial charge on any atom is 0.164 e. The monoisotopic (exact) mass is 943 g/mol. The van der Waals surface area contributed by atoms with Gasteiger partial charge in [-0.1, -0.05) is 218 Å².